The van der Waals surface area contributed by atoms with E-state index in [-0.39, 0.29) is 11.9 Å². The Morgan fingerprint density at radius 2 is 2.10 bits per heavy atom. The second-order valence-electron chi connectivity index (χ2n) is 4.87. The highest BCUT2D eigenvalue weighted by atomic mass is 16.1. The van der Waals surface area contributed by atoms with Crippen molar-refractivity contribution in [1.29, 1.82) is 0 Å². The van der Waals surface area contributed by atoms with Gasteiger partial charge in [0.15, 0.2) is 0 Å². The molecule has 21 heavy (non-hydrogen) atoms. The summed E-state index contributed by atoms with van der Waals surface area (Å²) in [4.78, 5) is 19.2. The third-order valence-electron chi connectivity index (χ3n) is 3.39. The maximum absolute atomic E-state index is 12.0. The highest BCUT2D eigenvalue weighted by Gasteiger charge is 2.12. The van der Waals surface area contributed by atoms with Crippen LogP contribution in [0.2, 0.25) is 0 Å². The van der Waals surface area contributed by atoms with Gasteiger partial charge in [-0.3, -0.25) is 4.79 Å². The fourth-order valence-corrected chi connectivity index (χ4v) is 2.09. The number of aryl methyl sites for hydroxylation is 1. The Kier molecular flexibility index (Phi) is 5.32. The van der Waals surface area contributed by atoms with E-state index in [4.69, 9.17) is 0 Å². The minimum absolute atomic E-state index is 0.0837. The van der Waals surface area contributed by atoms with Crippen molar-refractivity contribution in [2.75, 3.05) is 0 Å². The quantitative estimate of drug-likeness (QED) is 0.799. The molecule has 110 valence electrons. The molecule has 0 saturated carbocycles. The van der Waals surface area contributed by atoms with Crippen LogP contribution >= 0.6 is 0 Å². The second kappa shape index (κ2) is 7.43. The molecule has 0 aliphatic heterocycles. The lowest BCUT2D eigenvalue weighted by Gasteiger charge is -2.12. The van der Waals surface area contributed by atoms with E-state index in [0.29, 0.717) is 0 Å². The standard InChI is InChI=1S/C17H21N3O/c1-3-13-5-7-14(8-6-13)9-10-16(21)20-15(4-2)17-18-11-12-19-17/h5-12,15H,3-4H2,1-2H3,(H,18,19)(H,20,21)/b10-9+. The number of benzene rings is 1. The average molecular weight is 283 g/mol. The number of carbonyl (C=O) groups excluding carboxylic acids is 1. The molecule has 1 amide bonds. The zero-order valence-electron chi connectivity index (χ0n) is 12.5. The number of hydrogen-bond acceptors (Lipinski definition) is 2. The number of nitrogens with one attached hydrogen (secondary N) is 2. The van der Waals surface area contributed by atoms with Crippen LogP contribution in [0, 0.1) is 0 Å². The number of amides is 1. The first-order chi connectivity index (χ1) is 10.2. The van der Waals surface area contributed by atoms with Crippen LogP contribution < -0.4 is 5.32 Å². The summed E-state index contributed by atoms with van der Waals surface area (Å²) < 4.78 is 0. The molecular formula is C17H21N3O. The number of rotatable bonds is 6. The highest BCUT2D eigenvalue weighted by molar-refractivity contribution is 5.91. The molecule has 0 saturated heterocycles. The molecule has 0 aliphatic carbocycles. The minimum Gasteiger partial charge on any atom is -0.347 e. The van der Waals surface area contributed by atoms with Gasteiger partial charge in [-0.05, 0) is 30.0 Å². The van der Waals surface area contributed by atoms with E-state index in [0.717, 1.165) is 24.2 Å². The predicted octanol–water partition coefficient (Wildman–Crippen LogP) is 3.25. The maximum Gasteiger partial charge on any atom is 0.244 e. The molecule has 1 aromatic heterocycles. The van der Waals surface area contributed by atoms with Crippen molar-refractivity contribution >= 4 is 12.0 Å². The number of nitrogens with zero attached hydrogens (tertiary/aromatic N) is 1. The minimum atomic E-state index is -0.113. The van der Waals surface area contributed by atoms with Gasteiger partial charge < -0.3 is 10.3 Å². The summed E-state index contributed by atoms with van der Waals surface area (Å²) in [5.41, 5.74) is 2.31. The van der Waals surface area contributed by atoms with Crippen molar-refractivity contribution in [1.82, 2.24) is 15.3 Å². The number of aromatic amines is 1. The highest BCUT2D eigenvalue weighted by Crippen LogP contribution is 2.11. The summed E-state index contributed by atoms with van der Waals surface area (Å²) in [6.07, 6.45) is 8.64. The van der Waals surface area contributed by atoms with Crippen molar-refractivity contribution in [2.24, 2.45) is 0 Å². The molecule has 0 bridgehead atoms. The van der Waals surface area contributed by atoms with Crippen molar-refractivity contribution < 1.29 is 4.79 Å². The molecule has 1 atom stereocenters. The maximum atomic E-state index is 12.0. The van der Waals surface area contributed by atoms with Gasteiger partial charge in [0.05, 0.1) is 6.04 Å². The van der Waals surface area contributed by atoms with Gasteiger partial charge in [0, 0.05) is 18.5 Å². The third-order valence-corrected chi connectivity index (χ3v) is 3.39. The number of hydrogen-bond donors (Lipinski definition) is 2. The molecular weight excluding hydrogens is 262 g/mol. The summed E-state index contributed by atoms with van der Waals surface area (Å²) in [6.45, 7) is 4.14. The van der Waals surface area contributed by atoms with Crippen molar-refractivity contribution in [3.63, 3.8) is 0 Å². The smallest absolute Gasteiger partial charge is 0.244 e. The van der Waals surface area contributed by atoms with Crippen LogP contribution in [0.1, 0.15) is 43.3 Å². The van der Waals surface area contributed by atoms with Crippen LogP contribution in [0.15, 0.2) is 42.7 Å². The lowest BCUT2D eigenvalue weighted by atomic mass is 10.1. The van der Waals surface area contributed by atoms with Gasteiger partial charge in [-0.1, -0.05) is 38.1 Å². The van der Waals surface area contributed by atoms with Crippen LogP contribution in [0.25, 0.3) is 6.08 Å². The Morgan fingerprint density at radius 3 is 2.67 bits per heavy atom. The number of aromatic nitrogens is 2. The Bertz CT molecular complexity index is 585. The SMILES string of the molecule is CCc1ccc(/C=C/C(=O)NC(CC)c2ncc[nH]2)cc1. The molecule has 1 unspecified atom stereocenters. The van der Waals surface area contributed by atoms with E-state index < -0.39 is 0 Å². The summed E-state index contributed by atoms with van der Waals surface area (Å²) in [6, 6.07) is 8.11. The zero-order valence-corrected chi connectivity index (χ0v) is 12.5. The molecule has 0 spiro atoms. The molecule has 2 rings (SSSR count). The number of imidazole rings is 1. The van der Waals surface area contributed by atoms with Crippen LogP contribution in [0.3, 0.4) is 0 Å². The van der Waals surface area contributed by atoms with E-state index >= 15 is 0 Å². The first-order valence-corrected chi connectivity index (χ1v) is 7.29. The van der Waals surface area contributed by atoms with E-state index in [1.165, 1.54) is 5.56 Å². The topological polar surface area (TPSA) is 57.8 Å². The van der Waals surface area contributed by atoms with Crippen LogP contribution in [0.5, 0.6) is 0 Å². The van der Waals surface area contributed by atoms with Gasteiger partial charge in [-0.25, -0.2) is 4.98 Å². The van der Waals surface area contributed by atoms with Gasteiger partial charge in [0.1, 0.15) is 5.82 Å². The van der Waals surface area contributed by atoms with Crippen LogP contribution in [-0.4, -0.2) is 15.9 Å². The summed E-state index contributed by atoms with van der Waals surface area (Å²) in [7, 11) is 0. The Labute approximate surface area is 125 Å². The van der Waals surface area contributed by atoms with Crippen LogP contribution in [0.4, 0.5) is 0 Å². The monoisotopic (exact) mass is 283 g/mol. The molecule has 1 heterocycles. The summed E-state index contributed by atoms with van der Waals surface area (Å²) in [5.74, 6) is 0.671. The molecule has 2 N–H and O–H groups in total. The van der Waals surface area contributed by atoms with Crippen molar-refractivity contribution in [2.45, 2.75) is 32.7 Å². The fraction of sp³-hybridized carbons (Fsp3) is 0.294. The lowest BCUT2D eigenvalue weighted by molar-refractivity contribution is -0.117. The Hall–Kier alpha value is -2.36. The average Bonchev–Trinajstić information content (AvgIpc) is 3.05. The summed E-state index contributed by atoms with van der Waals surface area (Å²) in [5, 5.41) is 2.94. The van der Waals surface area contributed by atoms with Crippen molar-refractivity contribution in [3.05, 3.63) is 59.7 Å². The summed E-state index contributed by atoms with van der Waals surface area (Å²) >= 11 is 0. The van der Waals surface area contributed by atoms with E-state index in [9.17, 15) is 4.79 Å². The Balaban J connectivity index is 1.95. The second-order valence-corrected chi connectivity index (χ2v) is 4.87. The lowest BCUT2D eigenvalue weighted by Crippen LogP contribution is -2.27. The first kappa shape index (κ1) is 15.0. The predicted molar refractivity (Wildman–Crippen MR) is 84.6 cm³/mol. The van der Waals surface area contributed by atoms with E-state index in [1.807, 2.05) is 25.1 Å². The van der Waals surface area contributed by atoms with Gasteiger partial charge in [-0.15, -0.1) is 0 Å². The van der Waals surface area contributed by atoms with E-state index in [1.54, 1.807) is 18.5 Å². The molecule has 0 aliphatic rings. The largest absolute Gasteiger partial charge is 0.347 e. The van der Waals surface area contributed by atoms with Gasteiger partial charge >= 0.3 is 0 Å². The Morgan fingerprint density at radius 1 is 1.33 bits per heavy atom. The fourth-order valence-electron chi connectivity index (χ4n) is 2.09. The molecule has 0 radical (unpaired) electrons. The third kappa shape index (κ3) is 4.31. The van der Waals surface area contributed by atoms with Gasteiger partial charge in [0.2, 0.25) is 5.91 Å². The van der Waals surface area contributed by atoms with Gasteiger partial charge in [0.25, 0.3) is 0 Å². The van der Waals surface area contributed by atoms with Crippen LogP contribution in [-0.2, 0) is 11.2 Å². The zero-order chi connectivity index (χ0) is 15.1. The molecule has 4 nitrogen and oxygen atoms in total. The van der Waals surface area contributed by atoms with Crippen molar-refractivity contribution in [3.8, 4) is 0 Å². The number of carbonyl (C=O) groups is 1. The first-order valence-electron chi connectivity index (χ1n) is 7.29. The molecule has 4 heteroatoms. The molecule has 0 fully saturated rings. The van der Waals surface area contributed by atoms with E-state index in [2.05, 4.69) is 34.3 Å². The number of H-pyrrole nitrogens is 1. The molecule has 1 aromatic carbocycles. The molecule has 2 aromatic rings. The normalized spacial score (nSPS) is 12.5. The van der Waals surface area contributed by atoms with Gasteiger partial charge in [-0.2, -0.15) is 0 Å².